The highest BCUT2D eigenvalue weighted by Crippen LogP contribution is 2.17. The van der Waals surface area contributed by atoms with Crippen LogP contribution >= 0.6 is 0 Å². The number of benzene rings is 1. The molecule has 0 aliphatic rings. The maximum Gasteiger partial charge on any atom is 0.311 e. The van der Waals surface area contributed by atoms with Gasteiger partial charge in [-0.2, -0.15) is 16.8 Å². The molecule has 0 unspecified atom stereocenters. The lowest BCUT2D eigenvalue weighted by molar-refractivity contribution is 0.459. The predicted molar refractivity (Wildman–Crippen MR) is 105 cm³/mol. The lowest BCUT2D eigenvalue weighted by Gasteiger charge is -2.07. The highest BCUT2D eigenvalue weighted by Gasteiger charge is 2.24. The molecule has 0 amide bonds. The van der Waals surface area contributed by atoms with Crippen molar-refractivity contribution in [2.45, 2.75) is 83.0 Å². The lowest BCUT2D eigenvalue weighted by Crippen LogP contribution is -2.17. The molecule has 7 heteroatoms. The molecule has 0 aliphatic carbocycles. The Kier molecular flexibility index (Phi) is 10.4. The van der Waals surface area contributed by atoms with Crippen molar-refractivity contribution in [2.75, 3.05) is 5.75 Å². The van der Waals surface area contributed by atoms with Crippen LogP contribution in [0.5, 0.6) is 0 Å². The SMILES string of the molecule is CCCCCCCCCCCCS(=O)(=O)OS(=O)(=O)c1ccc(C)cc1. The summed E-state index contributed by atoms with van der Waals surface area (Å²) in [5.74, 6) is -0.269. The molecule has 0 atom stereocenters. The van der Waals surface area contributed by atoms with Crippen LogP contribution < -0.4 is 0 Å². The van der Waals surface area contributed by atoms with Crippen LogP contribution in [-0.2, 0) is 23.9 Å². The second kappa shape index (κ2) is 11.7. The fourth-order valence-corrected chi connectivity index (χ4v) is 5.39. The number of hydrogen-bond donors (Lipinski definition) is 0. The largest absolute Gasteiger partial charge is 0.311 e. The van der Waals surface area contributed by atoms with Crippen molar-refractivity contribution in [1.82, 2.24) is 0 Å². The van der Waals surface area contributed by atoms with E-state index in [9.17, 15) is 16.8 Å². The van der Waals surface area contributed by atoms with E-state index >= 15 is 0 Å². The standard InChI is InChI=1S/C19H32O5S2/c1-3-4-5-6-7-8-9-10-11-12-17-25(20,21)24-26(22,23)19-15-13-18(2)14-16-19/h13-16H,3-12,17H2,1-2H3. The maximum absolute atomic E-state index is 12.0. The summed E-state index contributed by atoms with van der Waals surface area (Å²) in [4.78, 5) is -0.144. The normalized spacial score (nSPS) is 12.4. The maximum atomic E-state index is 12.0. The first-order chi connectivity index (χ1) is 12.3. The van der Waals surface area contributed by atoms with E-state index < -0.39 is 20.2 Å². The van der Waals surface area contributed by atoms with Crippen molar-refractivity contribution in [3.63, 3.8) is 0 Å². The number of unbranched alkanes of at least 4 members (excludes halogenated alkanes) is 9. The summed E-state index contributed by atoms with van der Waals surface area (Å²) < 4.78 is 52.4. The Labute approximate surface area is 159 Å². The molecule has 0 N–H and O–H groups in total. The molecular formula is C19H32O5S2. The minimum absolute atomic E-state index is 0.144. The Morgan fingerprint density at radius 3 is 1.69 bits per heavy atom. The van der Waals surface area contributed by atoms with Gasteiger partial charge < -0.3 is 0 Å². The van der Waals surface area contributed by atoms with E-state index in [0.29, 0.717) is 6.42 Å². The van der Waals surface area contributed by atoms with Gasteiger partial charge in [0.1, 0.15) is 0 Å². The second-order valence-electron chi connectivity index (χ2n) is 6.78. The Balaban J connectivity index is 2.26. The van der Waals surface area contributed by atoms with Gasteiger partial charge in [-0.25, -0.2) is 0 Å². The van der Waals surface area contributed by atoms with E-state index in [1.807, 2.05) is 6.92 Å². The van der Waals surface area contributed by atoms with Gasteiger partial charge in [0, 0.05) is 0 Å². The Bertz CT molecular complexity index is 707. The molecule has 0 saturated carbocycles. The van der Waals surface area contributed by atoms with Crippen molar-refractivity contribution in [3.8, 4) is 0 Å². The van der Waals surface area contributed by atoms with Gasteiger partial charge in [0.2, 0.25) is 0 Å². The number of aryl methyl sites for hydroxylation is 1. The van der Waals surface area contributed by atoms with Crippen LogP contribution in [0.25, 0.3) is 0 Å². The van der Waals surface area contributed by atoms with Crippen LogP contribution in [0.2, 0.25) is 0 Å². The molecule has 0 bridgehead atoms. The molecule has 0 heterocycles. The average Bonchev–Trinajstić information content (AvgIpc) is 2.56. The molecule has 150 valence electrons. The zero-order valence-electron chi connectivity index (χ0n) is 15.9. The molecule has 0 aromatic heterocycles. The molecule has 5 nitrogen and oxygen atoms in total. The molecule has 1 rings (SSSR count). The monoisotopic (exact) mass is 404 g/mol. The Morgan fingerprint density at radius 1 is 0.731 bits per heavy atom. The van der Waals surface area contributed by atoms with Crippen LogP contribution in [-0.4, -0.2) is 22.6 Å². The fourth-order valence-electron chi connectivity index (χ4n) is 2.68. The van der Waals surface area contributed by atoms with Gasteiger partial charge in [0.15, 0.2) is 0 Å². The van der Waals surface area contributed by atoms with Crippen molar-refractivity contribution in [1.29, 1.82) is 0 Å². The quantitative estimate of drug-likeness (QED) is 0.410. The van der Waals surface area contributed by atoms with Crippen molar-refractivity contribution in [2.24, 2.45) is 0 Å². The zero-order valence-corrected chi connectivity index (χ0v) is 17.6. The third-order valence-electron chi connectivity index (χ3n) is 4.25. The van der Waals surface area contributed by atoms with E-state index in [1.54, 1.807) is 12.1 Å². The molecule has 0 radical (unpaired) electrons. The Morgan fingerprint density at radius 2 is 1.19 bits per heavy atom. The van der Waals surface area contributed by atoms with E-state index in [2.05, 4.69) is 10.6 Å². The van der Waals surface area contributed by atoms with Crippen LogP contribution in [0.15, 0.2) is 29.2 Å². The summed E-state index contributed by atoms with van der Waals surface area (Å²) in [6.07, 6.45) is 10.8. The summed E-state index contributed by atoms with van der Waals surface area (Å²) in [6, 6.07) is 5.90. The van der Waals surface area contributed by atoms with Gasteiger partial charge in [-0.15, -0.1) is 3.63 Å². The first-order valence-corrected chi connectivity index (χ1v) is 12.5. The number of hydrogen-bond acceptors (Lipinski definition) is 5. The van der Waals surface area contributed by atoms with Gasteiger partial charge in [-0.3, -0.25) is 0 Å². The summed E-state index contributed by atoms with van der Waals surface area (Å²) in [5.41, 5.74) is 0.886. The van der Waals surface area contributed by atoms with Crippen molar-refractivity contribution >= 4 is 20.2 Å². The second-order valence-corrected chi connectivity index (χ2v) is 10.2. The first-order valence-electron chi connectivity index (χ1n) is 9.52. The van der Waals surface area contributed by atoms with E-state index in [0.717, 1.165) is 24.8 Å². The van der Waals surface area contributed by atoms with E-state index in [4.69, 9.17) is 0 Å². The molecule has 0 saturated heterocycles. The Hall–Kier alpha value is -0.920. The summed E-state index contributed by atoms with van der Waals surface area (Å²) in [5, 5.41) is 0. The highest BCUT2D eigenvalue weighted by atomic mass is 32.3. The van der Waals surface area contributed by atoms with Crippen LogP contribution in [0, 0.1) is 6.92 Å². The minimum Gasteiger partial charge on any atom is -0.198 e. The summed E-state index contributed by atoms with van der Waals surface area (Å²) in [7, 11) is -8.38. The first kappa shape index (κ1) is 23.1. The molecule has 0 fully saturated rings. The highest BCUT2D eigenvalue weighted by molar-refractivity contribution is 7.99. The van der Waals surface area contributed by atoms with Crippen LogP contribution in [0.1, 0.15) is 76.7 Å². The van der Waals surface area contributed by atoms with Gasteiger partial charge in [-0.1, -0.05) is 82.4 Å². The lowest BCUT2D eigenvalue weighted by atomic mass is 10.1. The average molecular weight is 405 g/mol. The minimum atomic E-state index is -4.29. The van der Waals surface area contributed by atoms with E-state index in [1.165, 1.54) is 50.7 Å². The smallest absolute Gasteiger partial charge is 0.198 e. The van der Waals surface area contributed by atoms with Crippen molar-refractivity contribution < 1.29 is 20.5 Å². The van der Waals surface area contributed by atoms with E-state index in [-0.39, 0.29) is 10.6 Å². The van der Waals surface area contributed by atoms with Crippen LogP contribution in [0.4, 0.5) is 0 Å². The third kappa shape index (κ3) is 9.69. The third-order valence-corrected chi connectivity index (χ3v) is 7.43. The molecular weight excluding hydrogens is 372 g/mol. The van der Waals surface area contributed by atoms with Gasteiger partial charge >= 0.3 is 10.1 Å². The molecule has 0 aliphatic heterocycles. The zero-order chi connectivity index (χ0) is 19.5. The molecule has 1 aromatic carbocycles. The number of rotatable bonds is 14. The van der Waals surface area contributed by atoms with Gasteiger partial charge in [0.25, 0.3) is 10.1 Å². The van der Waals surface area contributed by atoms with Crippen LogP contribution in [0.3, 0.4) is 0 Å². The summed E-state index contributed by atoms with van der Waals surface area (Å²) in [6.45, 7) is 4.02. The van der Waals surface area contributed by atoms with Gasteiger partial charge in [-0.05, 0) is 25.5 Å². The molecule has 1 aromatic rings. The van der Waals surface area contributed by atoms with Gasteiger partial charge in [0.05, 0.1) is 10.6 Å². The summed E-state index contributed by atoms with van der Waals surface area (Å²) >= 11 is 0. The predicted octanol–water partition coefficient (Wildman–Crippen LogP) is 4.95. The topological polar surface area (TPSA) is 77.5 Å². The van der Waals surface area contributed by atoms with Crippen molar-refractivity contribution in [3.05, 3.63) is 29.8 Å². The molecule has 26 heavy (non-hydrogen) atoms. The molecule has 0 spiro atoms. The fraction of sp³-hybridized carbons (Fsp3) is 0.684.